The van der Waals surface area contributed by atoms with Crippen LogP contribution in [0.1, 0.15) is 27.8 Å². The minimum Gasteiger partial charge on any atom is -0.495 e. The maximum atomic E-state index is 14.9. The second-order valence-electron chi connectivity index (χ2n) is 7.14. The zero-order valence-corrected chi connectivity index (χ0v) is 16.9. The highest BCUT2D eigenvalue weighted by molar-refractivity contribution is 6.00. The van der Waals surface area contributed by atoms with E-state index < -0.39 is 11.7 Å². The molecule has 2 aromatic heterocycles. The second kappa shape index (κ2) is 8.76. The number of hydrogen-bond acceptors (Lipinski definition) is 6. The first-order valence-corrected chi connectivity index (χ1v) is 9.80. The van der Waals surface area contributed by atoms with Crippen molar-refractivity contribution in [2.75, 3.05) is 40.0 Å². The largest absolute Gasteiger partial charge is 0.495 e. The van der Waals surface area contributed by atoms with Crippen molar-refractivity contribution in [1.82, 2.24) is 25.2 Å². The van der Waals surface area contributed by atoms with E-state index in [4.69, 9.17) is 9.47 Å². The number of amides is 1. The highest BCUT2D eigenvalue weighted by atomic mass is 19.1. The summed E-state index contributed by atoms with van der Waals surface area (Å²) < 4.78 is 25.7. The van der Waals surface area contributed by atoms with Crippen LogP contribution in [0, 0.1) is 12.7 Å². The van der Waals surface area contributed by atoms with E-state index >= 15 is 0 Å². The van der Waals surface area contributed by atoms with Gasteiger partial charge in [-0.15, -0.1) is 0 Å². The maximum absolute atomic E-state index is 14.9. The molecule has 9 heteroatoms. The summed E-state index contributed by atoms with van der Waals surface area (Å²) in [6, 6.07) is 2.87. The Balaban J connectivity index is 1.57. The Bertz CT molecular complexity index is 1030. The Morgan fingerprint density at radius 1 is 1.37 bits per heavy atom. The van der Waals surface area contributed by atoms with Gasteiger partial charge < -0.3 is 19.8 Å². The van der Waals surface area contributed by atoms with E-state index in [0.29, 0.717) is 35.7 Å². The lowest BCUT2D eigenvalue weighted by atomic mass is 10.1. The van der Waals surface area contributed by atoms with Crippen LogP contribution in [0.5, 0.6) is 5.75 Å². The van der Waals surface area contributed by atoms with Crippen LogP contribution in [-0.4, -0.2) is 65.7 Å². The van der Waals surface area contributed by atoms with Crippen LogP contribution in [0.15, 0.2) is 30.7 Å². The first-order valence-electron chi connectivity index (χ1n) is 9.80. The first kappa shape index (κ1) is 20.2. The van der Waals surface area contributed by atoms with Gasteiger partial charge in [-0.05, 0) is 19.1 Å². The van der Waals surface area contributed by atoms with E-state index in [9.17, 15) is 9.18 Å². The van der Waals surface area contributed by atoms with Crippen LogP contribution < -0.4 is 10.1 Å². The van der Waals surface area contributed by atoms with Gasteiger partial charge >= 0.3 is 0 Å². The molecule has 1 unspecified atom stereocenters. The molecule has 30 heavy (non-hydrogen) atoms. The Hall–Kier alpha value is -3.04. The summed E-state index contributed by atoms with van der Waals surface area (Å²) in [6.45, 7) is 4.80. The SMILES string of the molecule is COc1cc(C(=O)NCC(c2cnc(C)nc2)N2CCOCC2)c(F)c2cc[nH]c12. The minimum absolute atomic E-state index is 0.0557. The lowest BCUT2D eigenvalue weighted by Gasteiger charge is -2.34. The molecular formula is C21H24FN5O3. The number of morpholine rings is 1. The van der Waals surface area contributed by atoms with Gasteiger partial charge in [0.1, 0.15) is 17.4 Å². The molecule has 0 bridgehead atoms. The number of ether oxygens (including phenoxy) is 2. The van der Waals surface area contributed by atoms with Gasteiger partial charge in [0, 0.05) is 49.2 Å². The standard InChI is InChI=1S/C21H24FN5O3/c1-13-24-10-14(11-25-13)17(27-5-7-30-8-6-27)12-26-21(28)16-9-18(29-2)20-15(19(16)22)3-4-23-20/h3-4,9-11,17,23H,5-8,12H2,1-2H3,(H,26,28). The van der Waals surface area contributed by atoms with E-state index in [-0.39, 0.29) is 18.2 Å². The van der Waals surface area contributed by atoms with E-state index in [2.05, 4.69) is 25.2 Å². The molecule has 2 N–H and O–H groups in total. The van der Waals surface area contributed by atoms with Crippen LogP contribution in [0.4, 0.5) is 4.39 Å². The summed E-state index contributed by atoms with van der Waals surface area (Å²) in [7, 11) is 1.49. The summed E-state index contributed by atoms with van der Waals surface area (Å²) in [5, 5.41) is 3.19. The number of rotatable bonds is 6. The number of halogens is 1. The third kappa shape index (κ3) is 3.99. The normalized spacial score (nSPS) is 15.8. The zero-order chi connectivity index (χ0) is 21.1. The predicted molar refractivity (Wildman–Crippen MR) is 109 cm³/mol. The molecule has 1 aromatic carbocycles. The Morgan fingerprint density at radius 3 is 2.80 bits per heavy atom. The van der Waals surface area contributed by atoms with Gasteiger partial charge in [-0.25, -0.2) is 14.4 Å². The van der Waals surface area contributed by atoms with Gasteiger partial charge in [-0.2, -0.15) is 0 Å². The Labute approximate surface area is 173 Å². The molecule has 3 aromatic rings. The zero-order valence-electron chi connectivity index (χ0n) is 16.9. The molecule has 1 saturated heterocycles. The van der Waals surface area contributed by atoms with Gasteiger partial charge in [0.25, 0.3) is 5.91 Å². The molecule has 1 aliphatic rings. The summed E-state index contributed by atoms with van der Waals surface area (Å²) in [5.74, 6) is 0.0158. The number of carbonyl (C=O) groups is 1. The van der Waals surface area contributed by atoms with Gasteiger partial charge in [-0.3, -0.25) is 9.69 Å². The van der Waals surface area contributed by atoms with Gasteiger partial charge in [0.05, 0.1) is 37.4 Å². The molecule has 0 radical (unpaired) electrons. The van der Waals surface area contributed by atoms with E-state index in [1.807, 2.05) is 6.92 Å². The highest BCUT2D eigenvalue weighted by Gasteiger charge is 2.25. The molecule has 1 aliphatic heterocycles. The van der Waals surface area contributed by atoms with E-state index in [1.165, 1.54) is 13.2 Å². The maximum Gasteiger partial charge on any atom is 0.254 e. The lowest BCUT2D eigenvalue weighted by molar-refractivity contribution is 0.0160. The van der Waals surface area contributed by atoms with Crippen molar-refractivity contribution in [3.05, 3.63) is 53.5 Å². The molecule has 0 aliphatic carbocycles. The first-order chi connectivity index (χ1) is 14.6. The average Bonchev–Trinajstić information content (AvgIpc) is 3.27. The summed E-state index contributed by atoms with van der Waals surface area (Å²) in [4.78, 5) is 26.6. The minimum atomic E-state index is -0.578. The van der Waals surface area contributed by atoms with Crippen molar-refractivity contribution in [3.8, 4) is 5.75 Å². The summed E-state index contributed by atoms with van der Waals surface area (Å²) >= 11 is 0. The molecule has 0 saturated carbocycles. The lowest BCUT2D eigenvalue weighted by Crippen LogP contribution is -2.44. The predicted octanol–water partition coefficient (Wildman–Crippen LogP) is 2.22. The van der Waals surface area contributed by atoms with Gasteiger partial charge in [-0.1, -0.05) is 0 Å². The molecule has 1 atom stereocenters. The number of aromatic amines is 1. The smallest absolute Gasteiger partial charge is 0.254 e. The number of H-pyrrole nitrogens is 1. The number of benzene rings is 1. The number of aryl methyl sites for hydroxylation is 1. The van der Waals surface area contributed by atoms with Gasteiger partial charge in [0.2, 0.25) is 0 Å². The number of nitrogens with zero attached hydrogens (tertiary/aromatic N) is 3. The molecular weight excluding hydrogens is 389 g/mol. The van der Waals surface area contributed by atoms with Crippen molar-refractivity contribution in [2.45, 2.75) is 13.0 Å². The number of hydrogen-bond donors (Lipinski definition) is 2. The number of nitrogens with one attached hydrogen (secondary N) is 2. The Morgan fingerprint density at radius 2 is 2.10 bits per heavy atom. The number of aromatic nitrogens is 3. The molecule has 4 rings (SSSR count). The van der Waals surface area contributed by atoms with Crippen LogP contribution in [0.2, 0.25) is 0 Å². The van der Waals surface area contributed by atoms with Crippen molar-refractivity contribution in [2.24, 2.45) is 0 Å². The molecule has 0 spiro atoms. The van der Waals surface area contributed by atoms with E-state index in [1.54, 1.807) is 24.7 Å². The van der Waals surface area contributed by atoms with Crippen molar-refractivity contribution < 1.29 is 18.7 Å². The topological polar surface area (TPSA) is 92.4 Å². The molecule has 1 fully saturated rings. The fraction of sp³-hybridized carbons (Fsp3) is 0.381. The van der Waals surface area contributed by atoms with Crippen LogP contribution in [0.3, 0.4) is 0 Å². The van der Waals surface area contributed by atoms with Crippen molar-refractivity contribution in [1.29, 1.82) is 0 Å². The second-order valence-corrected chi connectivity index (χ2v) is 7.14. The quantitative estimate of drug-likeness (QED) is 0.644. The molecule has 1 amide bonds. The van der Waals surface area contributed by atoms with E-state index in [0.717, 1.165) is 18.7 Å². The molecule has 3 heterocycles. The average molecular weight is 413 g/mol. The fourth-order valence-electron chi connectivity index (χ4n) is 3.70. The van der Waals surface area contributed by atoms with Crippen LogP contribution >= 0.6 is 0 Å². The van der Waals surface area contributed by atoms with Crippen molar-refractivity contribution in [3.63, 3.8) is 0 Å². The van der Waals surface area contributed by atoms with Crippen LogP contribution in [-0.2, 0) is 4.74 Å². The summed E-state index contributed by atoms with van der Waals surface area (Å²) in [5.41, 5.74) is 1.36. The number of carbonyl (C=O) groups excluding carboxylic acids is 1. The number of methoxy groups -OCH3 is 1. The molecule has 8 nitrogen and oxygen atoms in total. The van der Waals surface area contributed by atoms with Gasteiger partial charge in [0.15, 0.2) is 0 Å². The Kier molecular flexibility index (Phi) is 5.91. The molecule has 158 valence electrons. The fourth-order valence-corrected chi connectivity index (χ4v) is 3.70. The highest BCUT2D eigenvalue weighted by Crippen LogP contribution is 2.29. The third-order valence-corrected chi connectivity index (χ3v) is 5.33. The van der Waals surface area contributed by atoms with Crippen LogP contribution in [0.25, 0.3) is 10.9 Å². The summed E-state index contributed by atoms with van der Waals surface area (Å²) in [6.07, 6.45) is 5.15. The number of fused-ring (bicyclic) bond motifs is 1. The van der Waals surface area contributed by atoms with Crippen molar-refractivity contribution >= 4 is 16.8 Å². The monoisotopic (exact) mass is 413 g/mol. The third-order valence-electron chi connectivity index (χ3n) is 5.33.